The first-order valence-corrected chi connectivity index (χ1v) is 5.76. The van der Waals surface area contributed by atoms with Crippen molar-refractivity contribution in [1.29, 1.82) is 0 Å². The summed E-state index contributed by atoms with van der Waals surface area (Å²) >= 11 is 0. The molecule has 1 aromatic carbocycles. The van der Waals surface area contributed by atoms with Crippen molar-refractivity contribution < 1.29 is 14.3 Å². The lowest BCUT2D eigenvalue weighted by Gasteiger charge is -2.12. The van der Waals surface area contributed by atoms with E-state index in [0.29, 0.717) is 6.42 Å². The second kappa shape index (κ2) is 5.53. The van der Waals surface area contributed by atoms with Crippen LogP contribution in [0, 0.1) is 0 Å². The van der Waals surface area contributed by atoms with Crippen LogP contribution in [0.4, 0.5) is 0 Å². The second-order valence-corrected chi connectivity index (χ2v) is 4.07. The zero-order valence-electron chi connectivity index (χ0n) is 9.94. The molecule has 90 valence electrons. The topological polar surface area (TPSA) is 35.5 Å². The zero-order valence-corrected chi connectivity index (χ0v) is 9.94. The minimum atomic E-state index is 0.137. The Balaban J connectivity index is 2.04. The van der Waals surface area contributed by atoms with Gasteiger partial charge < -0.3 is 9.47 Å². The number of carbonyl (C=O) groups excluding carboxylic acids is 1. The average molecular weight is 232 g/mol. The highest BCUT2D eigenvalue weighted by Gasteiger charge is 2.13. The first-order chi connectivity index (χ1) is 8.29. The van der Waals surface area contributed by atoms with Crippen LogP contribution in [0.3, 0.4) is 0 Å². The van der Waals surface area contributed by atoms with Gasteiger partial charge in [0.15, 0.2) is 5.78 Å². The zero-order chi connectivity index (χ0) is 12.1. The third-order valence-corrected chi connectivity index (χ3v) is 2.79. The van der Waals surface area contributed by atoms with E-state index < -0.39 is 0 Å². The smallest absolute Gasteiger partial charge is 0.166 e. The number of ether oxygens (including phenoxy) is 2. The molecule has 3 heteroatoms. The van der Waals surface area contributed by atoms with Gasteiger partial charge in [0.2, 0.25) is 0 Å². The molecule has 0 unspecified atom stereocenters. The molecule has 0 amide bonds. The Morgan fingerprint density at radius 2 is 2.35 bits per heavy atom. The van der Waals surface area contributed by atoms with Gasteiger partial charge in [-0.2, -0.15) is 0 Å². The van der Waals surface area contributed by atoms with E-state index in [4.69, 9.17) is 9.47 Å². The standard InChI is InChI=1S/C14H16O3/c1-16-13-6-2-4-11(8-13)9-14(15)12-5-3-7-17-10-12/h2,4,6,8,10H,3,5,7,9H2,1H3. The summed E-state index contributed by atoms with van der Waals surface area (Å²) in [5.41, 5.74) is 1.76. The van der Waals surface area contributed by atoms with Crippen molar-refractivity contribution in [3.05, 3.63) is 41.7 Å². The normalized spacial score (nSPS) is 14.8. The Labute approximate surface area is 101 Å². The minimum Gasteiger partial charge on any atom is -0.501 e. The Morgan fingerprint density at radius 3 is 3.06 bits per heavy atom. The molecule has 0 spiro atoms. The second-order valence-electron chi connectivity index (χ2n) is 4.07. The molecule has 0 aliphatic carbocycles. The summed E-state index contributed by atoms with van der Waals surface area (Å²) < 4.78 is 10.3. The van der Waals surface area contributed by atoms with Crippen molar-refractivity contribution in [2.24, 2.45) is 0 Å². The van der Waals surface area contributed by atoms with Gasteiger partial charge in [0.25, 0.3) is 0 Å². The number of Topliss-reactive ketones (excluding diaryl/α,β-unsaturated/α-hetero) is 1. The van der Waals surface area contributed by atoms with E-state index in [9.17, 15) is 4.79 Å². The molecule has 1 heterocycles. The number of benzene rings is 1. The number of allylic oxidation sites excluding steroid dienone is 1. The van der Waals surface area contributed by atoms with Gasteiger partial charge in [-0.1, -0.05) is 12.1 Å². The quantitative estimate of drug-likeness (QED) is 0.800. The number of hydrogen-bond acceptors (Lipinski definition) is 3. The predicted molar refractivity (Wildman–Crippen MR) is 65.0 cm³/mol. The Kier molecular flexibility index (Phi) is 3.81. The lowest BCUT2D eigenvalue weighted by Crippen LogP contribution is -2.11. The molecule has 1 aliphatic heterocycles. The highest BCUT2D eigenvalue weighted by Crippen LogP contribution is 2.17. The van der Waals surface area contributed by atoms with Crippen molar-refractivity contribution in [3.63, 3.8) is 0 Å². The fourth-order valence-electron chi connectivity index (χ4n) is 1.85. The highest BCUT2D eigenvalue weighted by molar-refractivity contribution is 5.96. The molecule has 0 bridgehead atoms. The Bertz CT molecular complexity index is 435. The SMILES string of the molecule is COc1cccc(CC(=O)C2=COCCC2)c1. The average Bonchev–Trinajstić information content (AvgIpc) is 2.40. The first kappa shape index (κ1) is 11.7. The molecule has 0 saturated heterocycles. The number of ketones is 1. The van der Waals surface area contributed by atoms with Gasteiger partial charge >= 0.3 is 0 Å². The third-order valence-electron chi connectivity index (χ3n) is 2.79. The maximum absolute atomic E-state index is 12.0. The van der Waals surface area contributed by atoms with Gasteiger partial charge in [-0.15, -0.1) is 0 Å². The van der Waals surface area contributed by atoms with Crippen LogP contribution in [0.5, 0.6) is 5.75 Å². The number of methoxy groups -OCH3 is 1. The van der Waals surface area contributed by atoms with Crippen molar-refractivity contribution in [2.75, 3.05) is 13.7 Å². The van der Waals surface area contributed by atoms with E-state index in [1.807, 2.05) is 24.3 Å². The molecule has 3 nitrogen and oxygen atoms in total. The van der Waals surface area contributed by atoms with Gasteiger partial charge in [-0.25, -0.2) is 0 Å². The summed E-state index contributed by atoms with van der Waals surface area (Å²) in [4.78, 5) is 12.0. The number of rotatable bonds is 4. The van der Waals surface area contributed by atoms with Crippen LogP contribution in [0.25, 0.3) is 0 Å². The van der Waals surface area contributed by atoms with Gasteiger partial charge in [-0.3, -0.25) is 4.79 Å². The van der Waals surface area contributed by atoms with Crippen molar-refractivity contribution in [1.82, 2.24) is 0 Å². The largest absolute Gasteiger partial charge is 0.501 e. The summed E-state index contributed by atoms with van der Waals surface area (Å²) in [5, 5.41) is 0. The molecule has 17 heavy (non-hydrogen) atoms. The molecule has 0 N–H and O–H groups in total. The number of hydrogen-bond donors (Lipinski definition) is 0. The van der Waals surface area contributed by atoms with Crippen LogP contribution in [-0.2, 0) is 16.0 Å². The van der Waals surface area contributed by atoms with Crippen LogP contribution < -0.4 is 4.74 Å². The summed E-state index contributed by atoms with van der Waals surface area (Å²) in [6, 6.07) is 7.59. The minimum absolute atomic E-state index is 0.137. The Morgan fingerprint density at radius 1 is 1.47 bits per heavy atom. The lowest BCUT2D eigenvalue weighted by atomic mass is 10.00. The summed E-state index contributed by atoms with van der Waals surface area (Å²) in [5.74, 6) is 0.919. The van der Waals surface area contributed by atoms with Gasteiger partial charge in [0.1, 0.15) is 5.75 Å². The van der Waals surface area contributed by atoms with Crippen molar-refractivity contribution in [3.8, 4) is 5.75 Å². The molecule has 1 aliphatic rings. The van der Waals surface area contributed by atoms with Crippen LogP contribution >= 0.6 is 0 Å². The molecular formula is C14H16O3. The van der Waals surface area contributed by atoms with Gasteiger partial charge in [0, 0.05) is 12.0 Å². The van der Waals surface area contributed by atoms with E-state index in [1.165, 1.54) is 0 Å². The van der Waals surface area contributed by atoms with E-state index in [1.54, 1.807) is 13.4 Å². The molecular weight excluding hydrogens is 216 g/mol. The molecule has 2 rings (SSSR count). The maximum Gasteiger partial charge on any atom is 0.166 e. The van der Waals surface area contributed by atoms with Crippen molar-refractivity contribution in [2.45, 2.75) is 19.3 Å². The van der Waals surface area contributed by atoms with Crippen LogP contribution in [0.15, 0.2) is 36.1 Å². The molecule has 0 saturated carbocycles. The molecule has 0 atom stereocenters. The van der Waals surface area contributed by atoms with Crippen molar-refractivity contribution >= 4 is 5.78 Å². The molecule has 0 fully saturated rings. The van der Waals surface area contributed by atoms with E-state index >= 15 is 0 Å². The lowest BCUT2D eigenvalue weighted by molar-refractivity contribution is -0.115. The monoisotopic (exact) mass is 232 g/mol. The van der Waals surface area contributed by atoms with E-state index in [0.717, 1.165) is 36.3 Å². The summed E-state index contributed by atoms with van der Waals surface area (Å²) in [6.07, 6.45) is 3.76. The third kappa shape index (κ3) is 3.09. The van der Waals surface area contributed by atoms with Crippen LogP contribution in [-0.4, -0.2) is 19.5 Å². The van der Waals surface area contributed by atoms with Gasteiger partial charge in [-0.05, 0) is 30.5 Å². The first-order valence-electron chi connectivity index (χ1n) is 5.76. The summed E-state index contributed by atoms with van der Waals surface area (Å²) in [6.45, 7) is 0.718. The fourth-order valence-corrected chi connectivity index (χ4v) is 1.85. The van der Waals surface area contributed by atoms with E-state index in [-0.39, 0.29) is 5.78 Å². The fraction of sp³-hybridized carbons (Fsp3) is 0.357. The maximum atomic E-state index is 12.0. The molecule has 0 aromatic heterocycles. The van der Waals surface area contributed by atoms with Gasteiger partial charge in [0.05, 0.1) is 20.0 Å². The number of carbonyl (C=O) groups is 1. The van der Waals surface area contributed by atoms with Crippen LogP contribution in [0.2, 0.25) is 0 Å². The van der Waals surface area contributed by atoms with E-state index in [2.05, 4.69) is 0 Å². The van der Waals surface area contributed by atoms with Crippen LogP contribution in [0.1, 0.15) is 18.4 Å². The summed E-state index contributed by atoms with van der Waals surface area (Å²) in [7, 11) is 1.62. The molecule has 0 radical (unpaired) electrons. The molecule has 1 aromatic rings. The predicted octanol–water partition coefficient (Wildman–Crippen LogP) is 2.50. The highest BCUT2D eigenvalue weighted by atomic mass is 16.5. The Hall–Kier alpha value is -1.77.